The van der Waals surface area contributed by atoms with Gasteiger partial charge in [-0.1, -0.05) is 12.1 Å². The predicted molar refractivity (Wildman–Crippen MR) is 79.5 cm³/mol. The third kappa shape index (κ3) is 2.96. The van der Waals surface area contributed by atoms with E-state index in [1.807, 2.05) is 6.07 Å². The Bertz CT molecular complexity index is 854. The molecule has 0 atom stereocenters. The van der Waals surface area contributed by atoms with E-state index in [4.69, 9.17) is 19.5 Å². The summed E-state index contributed by atoms with van der Waals surface area (Å²) in [6.45, 7) is -0.133. The number of rotatable bonds is 4. The van der Waals surface area contributed by atoms with Gasteiger partial charge in [-0.25, -0.2) is 4.79 Å². The zero-order valence-corrected chi connectivity index (χ0v) is 12.2. The van der Waals surface area contributed by atoms with Crippen LogP contribution < -0.4 is 9.47 Å². The molecule has 0 aromatic heterocycles. The van der Waals surface area contributed by atoms with Crippen molar-refractivity contribution in [3.8, 4) is 17.6 Å². The molecule has 120 valence electrons. The highest BCUT2D eigenvalue weighted by atomic mass is 16.7. The number of fused-ring (bicyclic) bond motifs is 1. The highest BCUT2D eigenvalue weighted by Gasteiger charge is 2.28. The fraction of sp³-hybridized carbons (Fsp3) is 0.125. The van der Waals surface area contributed by atoms with Crippen LogP contribution >= 0.6 is 0 Å². The maximum atomic E-state index is 12.2. The molecule has 0 aliphatic carbocycles. The Morgan fingerprint density at radius 3 is 2.54 bits per heavy atom. The Labute approximate surface area is 135 Å². The maximum Gasteiger partial charge on any atom is 0.345 e. The van der Waals surface area contributed by atoms with Crippen molar-refractivity contribution in [3.63, 3.8) is 0 Å². The summed E-state index contributed by atoms with van der Waals surface area (Å²) in [6, 6.07) is 10.8. The van der Waals surface area contributed by atoms with Crippen molar-refractivity contribution >= 4 is 11.7 Å². The first-order valence-electron chi connectivity index (χ1n) is 6.82. The van der Waals surface area contributed by atoms with Crippen LogP contribution in [-0.4, -0.2) is 17.7 Å². The Hall–Kier alpha value is -3.60. The molecule has 0 bridgehead atoms. The number of nitro benzene ring substituents is 1. The lowest BCUT2D eigenvalue weighted by Gasteiger charge is -2.07. The molecule has 8 nitrogen and oxygen atoms in total. The second kappa shape index (κ2) is 6.26. The molecule has 2 aromatic carbocycles. The summed E-state index contributed by atoms with van der Waals surface area (Å²) in [5.41, 5.74) is 0.518. The second-order valence-electron chi connectivity index (χ2n) is 4.86. The molecule has 0 amide bonds. The summed E-state index contributed by atoms with van der Waals surface area (Å²) >= 11 is 0. The number of nitro groups is 1. The van der Waals surface area contributed by atoms with Crippen LogP contribution in [0.1, 0.15) is 21.5 Å². The second-order valence-corrected chi connectivity index (χ2v) is 4.86. The zero-order valence-electron chi connectivity index (χ0n) is 12.2. The van der Waals surface area contributed by atoms with Crippen LogP contribution in [0.5, 0.6) is 11.5 Å². The number of carbonyl (C=O) groups is 1. The Morgan fingerprint density at radius 1 is 1.25 bits per heavy atom. The van der Waals surface area contributed by atoms with Gasteiger partial charge in [0.1, 0.15) is 12.2 Å². The van der Waals surface area contributed by atoms with Crippen LogP contribution in [0.4, 0.5) is 5.69 Å². The molecule has 1 aliphatic rings. The molecule has 0 fully saturated rings. The maximum absolute atomic E-state index is 12.2. The van der Waals surface area contributed by atoms with Crippen molar-refractivity contribution in [1.82, 2.24) is 0 Å². The fourth-order valence-electron chi connectivity index (χ4n) is 2.15. The number of benzene rings is 2. The molecule has 0 unspecified atom stereocenters. The van der Waals surface area contributed by atoms with Crippen LogP contribution in [0.2, 0.25) is 0 Å². The summed E-state index contributed by atoms with van der Waals surface area (Å²) in [6.07, 6.45) is 0. The van der Waals surface area contributed by atoms with Crippen LogP contribution in [0.3, 0.4) is 0 Å². The van der Waals surface area contributed by atoms with E-state index in [9.17, 15) is 14.9 Å². The third-order valence-electron chi connectivity index (χ3n) is 3.36. The topological polar surface area (TPSA) is 112 Å². The monoisotopic (exact) mass is 326 g/mol. The van der Waals surface area contributed by atoms with Gasteiger partial charge >= 0.3 is 5.97 Å². The van der Waals surface area contributed by atoms with E-state index < -0.39 is 16.6 Å². The van der Waals surface area contributed by atoms with Gasteiger partial charge in [-0.3, -0.25) is 10.1 Å². The molecule has 0 N–H and O–H groups in total. The molecular formula is C16H10N2O6. The van der Waals surface area contributed by atoms with Gasteiger partial charge in [0.05, 0.1) is 22.6 Å². The largest absolute Gasteiger partial charge is 0.457 e. The highest BCUT2D eigenvalue weighted by Crippen LogP contribution is 2.38. The molecule has 2 aromatic rings. The van der Waals surface area contributed by atoms with Gasteiger partial charge in [-0.05, 0) is 17.7 Å². The number of carbonyl (C=O) groups excluding carboxylic acids is 1. The predicted octanol–water partition coefficient (Wildman–Crippen LogP) is 2.55. The lowest BCUT2D eigenvalue weighted by molar-refractivity contribution is -0.385. The van der Waals surface area contributed by atoms with Gasteiger partial charge in [0.25, 0.3) is 5.69 Å². The fourth-order valence-corrected chi connectivity index (χ4v) is 2.15. The van der Waals surface area contributed by atoms with E-state index in [0.717, 1.165) is 6.07 Å². The average molecular weight is 326 g/mol. The molecule has 0 radical (unpaired) electrons. The average Bonchev–Trinajstić information content (AvgIpc) is 3.06. The quantitative estimate of drug-likeness (QED) is 0.482. The van der Waals surface area contributed by atoms with E-state index in [1.54, 1.807) is 24.3 Å². The minimum atomic E-state index is -0.843. The van der Waals surface area contributed by atoms with Crippen LogP contribution in [0.15, 0.2) is 36.4 Å². The molecule has 1 aliphatic heterocycles. The smallest absolute Gasteiger partial charge is 0.345 e. The van der Waals surface area contributed by atoms with Gasteiger partial charge in [-0.15, -0.1) is 0 Å². The first kappa shape index (κ1) is 15.3. The van der Waals surface area contributed by atoms with Crippen molar-refractivity contribution in [1.29, 1.82) is 5.26 Å². The molecule has 1 heterocycles. The summed E-state index contributed by atoms with van der Waals surface area (Å²) in [5, 5.41) is 19.9. The normalized spacial score (nSPS) is 11.6. The van der Waals surface area contributed by atoms with Crippen molar-refractivity contribution in [2.75, 3.05) is 6.79 Å². The molecule has 0 spiro atoms. The van der Waals surface area contributed by atoms with Crippen LogP contribution in [0.25, 0.3) is 0 Å². The molecule has 3 rings (SSSR count). The number of ether oxygens (including phenoxy) is 3. The molecule has 0 saturated heterocycles. The molecule has 24 heavy (non-hydrogen) atoms. The van der Waals surface area contributed by atoms with Crippen molar-refractivity contribution in [3.05, 3.63) is 63.2 Å². The minimum absolute atomic E-state index is 0.0593. The Morgan fingerprint density at radius 2 is 1.92 bits per heavy atom. The van der Waals surface area contributed by atoms with E-state index >= 15 is 0 Å². The highest BCUT2D eigenvalue weighted by molar-refractivity contribution is 5.95. The first-order chi connectivity index (χ1) is 11.6. The number of nitrogens with zero attached hydrogens (tertiary/aromatic N) is 2. The number of nitriles is 1. The summed E-state index contributed by atoms with van der Waals surface area (Å²) in [4.78, 5) is 22.7. The number of hydrogen-bond acceptors (Lipinski definition) is 7. The Balaban J connectivity index is 1.79. The number of esters is 1. The van der Waals surface area contributed by atoms with Crippen molar-refractivity contribution in [2.45, 2.75) is 6.61 Å². The minimum Gasteiger partial charge on any atom is -0.457 e. The van der Waals surface area contributed by atoms with Gasteiger partial charge in [0.2, 0.25) is 6.79 Å². The van der Waals surface area contributed by atoms with E-state index in [1.165, 1.54) is 6.07 Å². The zero-order chi connectivity index (χ0) is 17.1. The molecular weight excluding hydrogens is 316 g/mol. The summed E-state index contributed by atoms with van der Waals surface area (Å²) in [7, 11) is 0. The van der Waals surface area contributed by atoms with E-state index in [2.05, 4.69) is 0 Å². The van der Waals surface area contributed by atoms with Crippen LogP contribution in [0, 0.1) is 21.4 Å². The van der Waals surface area contributed by atoms with E-state index in [-0.39, 0.29) is 30.5 Å². The van der Waals surface area contributed by atoms with Gasteiger partial charge in [0, 0.05) is 6.07 Å². The third-order valence-corrected chi connectivity index (χ3v) is 3.36. The van der Waals surface area contributed by atoms with Crippen molar-refractivity contribution in [2.24, 2.45) is 0 Å². The summed E-state index contributed by atoms with van der Waals surface area (Å²) < 4.78 is 15.3. The first-order valence-corrected chi connectivity index (χ1v) is 6.82. The van der Waals surface area contributed by atoms with E-state index in [0.29, 0.717) is 11.1 Å². The van der Waals surface area contributed by atoms with Gasteiger partial charge < -0.3 is 14.2 Å². The molecule has 0 saturated carbocycles. The number of hydrogen-bond donors (Lipinski definition) is 0. The summed E-state index contributed by atoms with van der Waals surface area (Å²) in [5.74, 6) is -0.374. The molecule has 8 heteroatoms. The van der Waals surface area contributed by atoms with Crippen LogP contribution in [-0.2, 0) is 11.3 Å². The lowest BCUT2D eigenvalue weighted by atomic mass is 10.1. The standard InChI is InChI=1S/C16H10N2O6/c17-7-10-1-3-11(4-2-10)8-22-16(19)12-5-14-15(24-9-23-14)6-13(12)18(20)21/h1-6H,8-9H2. The van der Waals surface area contributed by atoms with Gasteiger partial charge in [-0.2, -0.15) is 5.26 Å². The lowest BCUT2D eigenvalue weighted by Crippen LogP contribution is -2.08. The van der Waals surface area contributed by atoms with Crippen molar-refractivity contribution < 1.29 is 23.9 Å². The van der Waals surface area contributed by atoms with Gasteiger partial charge in [0.15, 0.2) is 11.5 Å². The Kier molecular flexibility index (Phi) is 3.99. The SMILES string of the molecule is N#Cc1ccc(COC(=O)c2cc3c(cc2[N+](=O)[O-])OCO3)cc1.